The van der Waals surface area contributed by atoms with E-state index in [1.54, 1.807) is 10.7 Å². The summed E-state index contributed by atoms with van der Waals surface area (Å²) in [5, 5.41) is 18.3. The lowest BCUT2D eigenvalue weighted by Gasteiger charge is -2.14. The van der Waals surface area contributed by atoms with Gasteiger partial charge >= 0.3 is 0 Å². The molecule has 0 aliphatic carbocycles. The van der Waals surface area contributed by atoms with Crippen LogP contribution in [0.5, 0.6) is 0 Å². The third kappa shape index (κ3) is 4.99. The van der Waals surface area contributed by atoms with Crippen LogP contribution in [-0.2, 0) is 23.3 Å². The Morgan fingerprint density at radius 1 is 1.17 bits per heavy atom. The normalized spacial score (nSPS) is 11.3. The molecular weight excluding hydrogens is 386 g/mol. The molecule has 30 heavy (non-hydrogen) atoms. The minimum absolute atomic E-state index is 0.224. The van der Waals surface area contributed by atoms with Gasteiger partial charge in [-0.1, -0.05) is 51.1 Å². The molecule has 0 radical (unpaired) electrons. The zero-order valence-corrected chi connectivity index (χ0v) is 17.0. The van der Waals surface area contributed by atoms with Gasteiger partial charge in [-0.25, -0.2) is 4.68 Å². The van der Waals surface area contributed by atoms with E-state index in [1.807, 2.05) is 51.1 Å². The topological polar surface area (TPSA) is 112 Å². The van der Waals surface area contributed by atoms with Crippen molar-refractivity contribution >= 4 is 17.4 Å². The number of pyridine rings is 1. The molecule has 0 unspecified atom stereocenters. The summed E-state index contributed by atoms with van der Waals surface area (Å²) in [7, 11) is 0. The number of amides is 1. The molecule has 2 aromatic heterocycles. The second-order valence-corrected chi connectivity index (χ2v) is 7.97. The highest BCUT2D eigenvalue weighted by Crippen LogP contribution is 2.24. The lowest BCUT2D eigenvalue weighted by Crippen LogP contribution is -2.27. The number of benzene rings is 1. The summed E-state index contributed by atoms with van der Waals surface area (Å²) in [5.41, 5.74) is 0.849. The minimum atomic E-state index is -0.613. The molecule has 0 aliphatic heterocycles. The molecule has 1 aromatic carbocycles. The predicted octanol–water partition coefficient (Wildman–Crippen LogP) is 2.94. The monoisotopic (exact) mass is 409 g/mol. The number of aromatic nitrogens is 3. The molecule has 2 heterocycles. The third-order valence-corrected chi connectivity index (χ3v) is 4.48. The van der Waals surface area contributed by atoms with Gasteiger partial charge in [0, 0.05) is 23.6 Å². The van der Waals surface area contributed by atoms with Gasteiger partial charge < -0.3 is 5.32 Å². The molecule has 9 heteroatoms. The summed E-state index contributed by atoms with van der Waals surface area (Å²) in [4.78, 5) is 34.9. The second-order valence-electron chi connectivity index (χ2n) is 7.97. The van der Waals surface area contributed by atoms with E-state index in [9.17, 15) is 19.7 Å². The van der Waals surface area contributed by atoms with Gasteiger partial charge in [-0.3, -0.25) is 24.3 Å². The molecule has 1 amide bonds. The molecule has 0 aliphatic rings. The fourth-order valence-electron chi connectivity index (χ4n) is 2.85. The molecule has 0 fully saturated rings. The van der Waals surface area contributed by atoms with Crippen LogP contribution < -0.4 is 10.9 Å². The fraction of sp³-hybridized carbons (Fsp3) is 0.286. The Morgan fingerprint density at radius 2 is 1.87 bits per heavy atom. The van der Waals surface area contributed by atoms with E-state index in [0.29, 0.717) is 12.4 Å². The number of carbonyl (C=O) groups is 1. The maximum atomic E-state index is 12.6. The summed E-state index contributed by atoms with van der Waals surface area (Å²) >= 11 is 0. The summed E-state index contributed by atoms with van der Waals surface area (Å²) in [6, 6.07) is 13.7. The van der Waals surface area contributed by atoms with Gasteiger partial charge in [0.25, 0.3) is 11.2 Å². The van der Waals surface area contributed by atoms with Crippen LogP contribution in [0, 0.1) is 10.1 Å². The Morgan fingerprint density at radius 3 is 2.50 bits per heavy atom. The molecule has 0 saturated heterocycles. The maximum Gasteiger partial charge on any atom is 0.285 e. The Bertz CT molecular complexity index is 1130. The van der Waals surface area contributed by atoms with Crippen LogP contribution in [0.25, 0.3) is 0 Å². The van der Waals surface area contributed by atoms with E-state index in [-0.39, 0.29) is 17.6 Å². The van der Waals surface area contributed by atoms with Crippen molar-refractivity contribution in [1.82, 2.24) is 14.3 Å². The number of hydrogen-bond donors (Lipinski definition) is 1. The molecule has 0 spiro atoms. The first-order chi connectivity index (χ1) is 14.1. The molecule has 0 atom stereocenters. The molecule has 156 valence electrons. The van der Waals surface area contributed by atoms with Crippen molar-refractivity contribution in [1.29, 1.82) is 0 Å². The van der Waals surface area contributed by atoms with Crippen LogP contribution >= 0.6 is 0 Å². The van der Waals surface area contributed by atoms with E-state index < -0.39 is 16.4 Å². The van der Waals surface area contributed by atoms with Crippen LogP contribution in [0.3, 0.4) is 0 Å². The summed E-state index contributed by atoms with van der Waals surface area (Å²) in [6.07, 6.45) is 1.06. The lowest BCUT2D eigenvalue weighted by molar-refractivity contribution is -0.385. The second kappa shape index (κ2) is 8.32. The van der Waals surface area contributed by atoms with E-state index in [4.69, 9.17) is 0 Å². The number of rotatable bonds is 6. The Labute approximate surface area is 173 Å². The smallest absolute Gasteiger partial charge is 0.285 e. The van der Waals surface area contributed by atoms with E-state index in [2.05, 4.69) is 10.4 Å². The molecule has 3 aromatic rings. The van der Waals surface area contributed by atoms with Crippen molar-refractivity contribution in [3.8, 4) is 0 Å². The Balaban J connectivity index is 1.85. The highest BCUT2D eigenvalue weighted by molar-refractivity contribution is 5.89. The Kier molecular flexibility index (Phi) is 5.81. The molecule has 0 saturated carbocycles. The fourth-order valence-corrected chi connectivity index (χ4v) is 2.85. The van der Waals surface area contributed by atoms with Crippen LogP contribution in [0.15, 0.2) is 59.5 Å². The van der Waals surface area contributed by atoms with Gasteiger partial charge in [-0.15, -0.1) is 0 Å². The largest absolute Gasteiger partial charge is 0.309 e. The van der Waals surface area contributed by atoms with Crippen molar-refractivity contribution in [3.63, 3.8) is 0 Å². The number of nitro groups is 1. The first kappa shape index (κ1) is 21.0. The molecule has 0 bridgehead atoms. The zero-order chi connectivity index (χ0) is 21.9. The number of carbonyl (C=O) groups excluding carboxylic acids is 1. The van der Waals surface area contributed by atoms with Gasteiger partial charge in [-0.2, -0.15) is 5.10 Å². The summed E-state index contributed by atoms with van der Waals surface area (Å²) < 4.78 is 2.71. The van der Waals surface area contributed by atoms with Crippen molar-refractivity contribution in [2.75, 3.05) is 5.32 Å². The molecule has 1 N–H and O–H groups in total. The van der Waals surface area contributed by atoms with Crippen molar-refractivity contribution in [2.24, 2.45) is 0 Å². The average molecular weight is 409 g/mol. The maximum absolute atomic E-state index is 12.6. The number of nitrogens with zero attached hydrogens (tertiary/aromatic N) is 4. The van der Waals surface area contributed by atoms with E-state index in [0.717, 1.165) is 34.2 Å². The van der Waals surface area contributed by atoms with Crippen molar-refractivity contribution < 1.29 is 9.72 Å². The lowest BCUT2D eigenvalue weighted by atomic mass is 9.92. The first-order valence-corrected chi connectivity index (χ1v) is 9.40. The van der Waals surface area contributed by atoms with Crippen molar-refractivity contribution in [2.45, 2.75) is 39.3 Å². The number of anilines is 1. The van der Waals surface area contributed by atoms with Gasteiger partial charge in [0.1, 0.15) is 12.4 Å². The van der Waals surface area contributed by atoms with Crippen LogP contribution in [0.1, 0.15) is 32.0 Å². The highest BCUT2D eigenvalue weighted by atomic mass is 16.6. The summed E-state index contributed by atoms with van der Waals surface area (Å²) in [6.45, 7) is 6.19. The molecule has 9 nitrogen and oxygen atoms in total. The van der Waals surface area contributed by atoms with Gasteiger partial charge in [0.05, 0.1) is 23.4 Å². The van der Waals surface area contributed by atoms with Crippen LogP contribution in [-0.4, -0.2) is 25.2 Å². The zero-order valence-electron chi connectivity index (χ0n) is 17.0. The van der Waals surface area contributed by atoms with Gasteiger partial charge in [0.15, 0.2) is 0 Å². The average Bonchev–Trinajstić information content (AvgIpc) is 3.07. The third-order valence-electron chi connectivity index (χ3n) is 4.48. The van der Waals surface area contributed by atoms with Gasteiger partial charge in [-0.05, 0) is 5.56 Å². The van der Waals surface area contributed by atoms with Crippen LogP contribution in [0.2, 0.25) is 0 Å². The van der Waals surface area contributed by atoms with E-state index in [1.165, 1.54) is 0 Å². The molecule has 3 rings (SSSR count). The van der Waals surface area contributed by atoms with E-state index >= 15 is 0 Å². The highest BCUT2D eigenvalue weighted by Gasteiger charge is 2.21. The predicted molar refractivity (Wildman–Crippen MR) is 112 cm³/mol. The minimum Gasteiger partial charge on any atom is -0.309 e. The molecular formula is C21H23N5O4. The Hall–Kier alpha value is -3.75. The van der Waals surface area contributed by atoms with Crippen LogP contribution in [0.4, 0.5) is 11.5 Å². The SMILES string of the molecule is CC(C)(C)c1cc(NC(=O)Cn2cc([N+](=O)[O-])ccc2=O)n(Cc2ccccc2)n1. The number of hydrogen-bond acceptors (Lipinski definition) is 5. The standard InChI is InChI=1S/C21H23N5O4/c1-21(2,3)17-11-18(25(23-17)12-15-7-5-4-6-8-15)22-19(27)14-24-13-16(26(29)30)9-10-20(24)28/h4-11,13H,12,14H2,1-3H3,(H,22,27). The number of nitrogens with one attached hydrogen (secondary N) is 1. The quantitative estimate of drug-likeness (QED) is 0.497. The van der Waals surface area contributed by atoms with Crippen molar-refractivity contribution in [3.05, 3.63) is 86.5 Å². The summed E-state index contributed by atoms with van der Waals surface area (Å²) in [5.74, 6) is 0.0135. The first-order valence-electron chi connectivity index (χ1n) is 9.40. The van der Waals surface area contributed by atoms with Gasteiger partial charge in [0.2, 0.25) is 5.91 Å².